The van der Waals surface area contributed by atoms with E-state index in [1.165, 1.54) is 5.56 Å². The highest BCUT2D eigenvalue weighted by atomic mass is 15.2. The molecule has 14 heavy (non-hydrogen) atoms. The minimum absolute atomic E-state index is 0.0485. The molecule has 1 aliphatic rings. The van der Waals surface area contributed by atoms with Gasteiger partial charge in [-0.05, 0) is 19.5 Å². The summed E-state index contributed by atoms with van der Waals surface area (Å²) < 4.78 is 0. The molecule has 2 heteroatoms. The molecule has 0 N–H and O–H groups in total. The smallest absolute Gasteiger partial charge is 0.106 e. The van der Waals surface area contributed by atoms with Crippen LogP contribution in [0.25, 0.3) is 0 Å². The van der Waals surface area contributed by atoms with Gasteiger partial charge in [0.1, 0.15) is 6.04 Å². The monoisotopic (exact) mass is 186 g/mol. The number of rotatable bonds is 1. The van der Waals surface area contributed by atoms with Gasteiger partial charge in [0.2, 0.25) is 0 Å². The van der Waals surface area contributed by atoms with E-state index in [-0.39, 0.29) is 6.04 Å². The average Bonchev–Trinajstić information content (AvgIpc) is 2.25. The van der Waals surface area contributed by atoms with Crippen LogP contribution in [0.2, 0.25) is 0 Å². The van der Waals surface area contributed by atoms with Gasteiger partial charge in [0.05, 0.1) is 6.07 Å². The molecule has 0 radical (unpaired) electrons. The van der Waals surface area contributed by atoms with Crippen LogP contribution in [0.3, 0.4) is 0 Å². The Morgan fingerprint density at radius 2 is 1.93 bits per heavy atom. The van der Waals surface area contributed by atoms with Crippen molar-refractivity contribution in [3.8, 4) is 6.07 Å². The van der Waals surface area contributed by atoms with E-state index in [9.17, 15) is 0 Å². The first-order valence-corrected chi connectivity index (χ1v) is 4.92. The Hall–Kier alpha value is -1.33. The van der Waals surface area contributed by atoms with E-state index in [0.29, 0.717) is 12.0 Å². The maximum absolute atomic E-state index is 9.01. The lowest BCUT2D eigenvalue weighted by atomic mass is 9.77. The highest BCUT2D eigenvalue weighted by molar-refractivity contribution is 5.30. The number of hydrogen-bond donors (Lipinski definition) is 0. The van der Waals surface area contributed by atoms with Crippen LogP contribution in [0.15, 0.2) is 30.3 Å². The summed E-state index contributed by atoms with van der Waals surface area (Å²) >= 11 is 0. The van der Waals surface area contributed by atoms with E-state index in [1.54, 1.807) is 0 Å². The lowest BCUT2D eigenvalue weighted by Crippen LogP contribution is -2.58. The zero-order chi connectivity index (χ0) is 10.1. The molecule has 0 aromatic heterocycles. The normalized spacial score (nSPS) is 31.9. The van der Waals surface area contributed by atoms with Crippen molar-refractivity contribution in [2.45, 2.75) is 24.9 Å². The number of benzene rings is 1. The standard InChI is InChI=1S/C12H14N2/c1-9-12(11(8-13)14(9)2)10-6-4-3-5-7-10/h3-7,9,11-12H,1-2H3/t9-,11+,12-/m0/s1. The molecule has 1 aliphatic heterocycles. The quantitative estimate of drug-likeness (QED) is 0.670. The van der Waals surface area contributed by atoms with Crippen LogP contribution in [0.5, 0.6) is 0 Å². The third-order valence-corrected chi connectivity index (χ3v) is 3.26. The van der Waals surface area contributed by atoms with Crippen LogP contribution in [-0.2, 0) is 0 Å². The number of nitrogens with zero attached hydrogens (tertiary/aromatic N) is 2. The van der Waals surface area contributed by atoms with Gasteiger partial charge in [-0.3, -0.25) is 4.90 Å². The van der Waals surface area contributed by atoms with Gasteiger partial charge in [-0.2, -0.15) is 5.26 Å². The molecular weight excluding hydrogens is 172 g/mol. The molecule has 0 spiro atoms. The van der Waals surface area contributed by atoms with Crippen LogP contribution in [0.4, 0.5) is 0 Å². The Morgan fingerprint density at radius 3 is 2.50 bits per heavy atom. The number of likely N-dealkylation sites (N-methyl/N-ethyl adjacent to an activating group) is 1. The summed E-state index contributed by atoms with van der Waals surface area (Å²) in [7, 11) is 2.01. The minimum Gasteiger partial charge on any atom is -0.287 e. The summed E-state index contributed by atoms with van der Waals surface area (Å²) in [4.78, 5) is 2.12. The van der Waals surface area contributed by atoms with Crippen molar-refractivity contribution in [3.05, 3.63) is 35.9 Å². The maximum atomic E-state index is 9.01. The summed E-state index contributed by atoms with van der Waals surface area (Å²) in [6.07, 6.45) is 0. The van der Waals surface area contributed by atoms with Gasteiger partial charge in [-0.15, -0.1) is 0 Å². The molecule has 0 saturated carbocycles. The molecule has 1 saturated heterocycles. The van der Waals surface area contributed by atoms with E-state index >= 15 is 0 Å². The maximum Gasteiger partial charge on any atom is 0.106 e. The van der Waals surface area contributed by atoms with Crippen molar-refractivity contribution in [2.75, 3.05) is 7.05 Å². The van der Waals surface area contributed by atoms with Crippen molar-refractivity contribution in [2.24, 2.45) is 0 Å². The van der Waals surface area contributed by atoms with Gasteiger partial charge < -0.3 is 0 Å². The van der Waals surface area contributed by atoms with Crippen molar-refractivity contribution >= 4 is 0 Å². The minimum atomic E-state index is 0.0485. The van der Waals surface area contributed by atoms with Gasteiger partial charge >= 0.3 is 0 Å². The second-order valence-electron chi connectivity index (χ2n) is 3.92. The molecule has 2 nitrogen and oxygen atoms in total. The molecule has 0 bridgehead atoms. The fourth-order valence-corrected chi connectivity index (χ4v) is 2.23. The molecule has 1 aromatic carbocycles. The lowest BCUT2D eigenvalue weighted by molar-refractivity contribution is 0.0587. The molecule has 2 rings (SSSR count). The molecule has 1 fully saturated rings. The zero-order valence-corrected chi connectivity index (χ0v) is 8.51. The SMILES string of the molecule is C[C@H]1[C@@H](c2ccccc2)[C@@H](C#N)N1C. The van der Waals surface area contributed by atoms with Crippen LogP contribution in [0.1, 0.15) is 18.4 Å². The van der Waals surface area contributed by atoms with E-state index in [1.807, 2.05) is 25.2 Å². The van der Waals surface area contributed by atoms with Crippen molar-refractivity contribution < 1.29 is 0 Å². The first-order valence-electron chi connectivity index (χ1n) is 4.92. The second-order valence-corrected chi connectivity index (χ2v) is 3.92. The van der Waals surface area contributed by atoms with Gasteiger partial charge in [-0.1, -0.05) is 30.3 Å². The Labute approximate surface area is 84.8 Å². The van der Waals surface area contributed by atoms with Gasteiger partial charge in [0.15, 0.2) is 0 Å². The zero-order valence-electron chi connectivity index (χ0n) is 8.51. The molecule has 1 aromatic rings. The average molecular weight is 186 g/mol. The predicted molar refractivity (Wildman–Crippen MR) is 55.8 cm³/mol. The first kappa shape index (κ1) is 9.23. The van der Waals surface area contributed by atoms with Gasteiger partial charge in [0, 0.05) is 12.0 Å². The van der Waals surface area contributed by atoms with Crippen LogP contribution >= 0.6 is 0 Å². The molecule has 0 aliphatic carbocycles. The first-order chi connectivity index (χ1) is 6.75. The Kier molecular flexibility index (Phi) is 2.26. The van der Waals surface area contributed by atoms with Crippen molar-refractivity contribution in [1.29, 1.82) is 5.26 Å². The van der Waals surface area contributed by atoms with Crippen LogP contribution in [-0.4, -0.2) is 24.0 Å². The molecule has 0 unspecified atom stereocenters. The summed E-state index contributed by atoms with van der Waals surface area (Å²) in [6, 6.07) is 13.2. The van der Waals surface area contributed by atoms with Crippen LogP contribution in [0, 0.1) is 11.3 Å². The summed E-state index contributed by atoms with van der Waals surface area (Å²) in [5.41, 5.74) is 1.28. The molecule has 3 atom stereocenters. The highest BCUT2D eigenvalue weighted by Crippen LogP contribution is 2.38. The largest absolute Gasteiger partial charge is 0.287 e. The lowest BCUT2D eigenvalue weighted by Gasteiger charge is -2.48. The van der Waals surface area contributed by atoms with E-state index < -0.39 is 0 Å². The Morgan fingerprint density at radius 1 is 1.29 bits per heavy atom. The van der Waals surface area contributed by atoms with Gasteiger partial charge in [0.25, 0.3) is 0 Å². The Balaban J connectivity index is 2.25. The number of hydrogen-bond acceptors (Lipinski definition) is 2. The second kappa shape index (κ2) is 3.43. The third kappa shape index (κ3) is 1.21. The molecule has 1 heterocycles. The number of likely N-dealkylation sites (tertiary alicyclic amines) is 1. The summed E-state index contributed by atoms with van der Waals surface area (Å²) in [5, 5.41) is 9.01. The fourth-order valence-electron chi connectivity index (χ4n) is 2.23. The third-order valence-electron chi connectivity index (χ3n) is 3.26. The topological polar surface area (TPSA) is 27.0 Å². The van der Waals surface area contributed by atoms with Crippen molar-refractivity contribution in [3.63, 3.8) is 0 Å². The van der Waals surface area contributed by atoms with Crippen molar-refractivity contribution in [1.82, 2.24) is 4.90 Å². The predicted octanol–water partition coefficient (Wildman–Crippen LogP) is 2.00. The highest BCUT2D eigenvalue weighted by Gasteiger charge is 2.44. The molecule has 72 valence electrons. The van der Waals surface area contributed by atoms with E-state index in [4.69, 9.17) is 5.26 Å². The molecular formula is C12H14N2. The summed E-state index contributed by atoms with van der Waals surface area (Å²) in [6.45, 7) is 2.17. The number of nitriles is 1. The fraction of sp³-hybridized carbons (Fsp3) is 0.417. The van der Waals surface area contributed by atoms with Gasteiger partial charge in [-0.25, -0.2) is 0 Å². The van der Waals surface area contributed by atoms with E-state index in [2.05, 4.69) is 30.0 Å². The Bertz CT molecular complexity index is 352. The van der Waals surface area contributed by atoms with E-state index in [0.717, 1.165) is 0 Å². The van der Waals surface area contributed by atoms with Crippen LogP contribution < -0.4 is 0 Å². The summed E-state index contributed by atoms with van der Waals surface area (Å²) in [5.74, 6) is 0.381. The molecule has 0 amide bonds.